The van der Waals surface area contributed by atoms with E-state index in [1.807, 2.05) is 30.3 Å². The van der Waals surface area contributed by atoms with Crippen molar-refractivity contribution in [2.45, 2.75) is 19.1 Å². The van der Waals surface area contributed by atoms with Gasteiger partial charge in [0.1, 0.15) is 10.6 Å². The summed E-state index contributed by atoms with van der Waals surface area (Å²) in [7, 11) is 0. The monoisotopic (exact) mass is 403 g/mol. The van der Waals surface area contributed by atoms with Gasteiger partial charge in [-0.3, -0.25) is 4.79 Å². The van der Waals surface area contributed by atoms with Gasteiger partial charge in [-0.2, -0.15) is 5.10 Å². The molecule has 3 rings (SSSR count). The summed E-state index contributed by atoms with van der Waals surface area (Å²) in [5.41, 5.74) is 0.380. The van der Waals surface area contributed by atoms with Crippen LogP contribution in [0.2, 0.25) is 10.0 Å². The highest BCUT2D eigenvalue weighted by atomic mass is 35.5. The van der Waals surface area contributed by atoms with E-state index in [1.54, 1.807) is 31.2 Å². The summed E-state index contributed by atoms with van der Waals surface area (Å²) in [6.07, 6.45) is 1.49. The number of nitrogens with one attached hydrogen (secondary N) is 1. The zero-order valence-corrected chi connectivity index (χ0v) is 16.2. The molecule has 7 heteroatoms. The van der Waals surface area contributed by atoms with Gasteiger partial charge in [0.2, 0.25) is 0 Å². The second kappa shape index (κ2) is 8.13. The Morgan fingerprint density at radius 2 is 1.89 bits per heavy atom. The van der Waals surface area contributed by atoms with E-state index in [1.165, 1.54) is 10.9 Å². The summed E-state index contributed by atoms with van der Waals surface area (Å²) in [6.45, 7) is 2.13. The fraction of sp³-hybridized carbons (Fsp3) is 0.200. The molecule has 1 atom stereocenters. The van der Waals surface area contributed by atoms with Crippen LogP contribution in [0.25, 0.3) is 0 Å². The maximum Gasteiger partial charge on any atom is 0.287 e. The lowest BCUT2D eigenvalue weighted by molar-refractivity contribution is 0.0715. The SMILES string of the molecule is CC(O)(CNc1cnn(Cc2ccccc2)c(=O)c1Cl)c1cccc(Cl)c1. The fourth-order valence-electron chi connectivity index (χ4n) is 2.65. The molecule has 0 fully saturated rings. The van der Waals surface area contributed by atoms with Gasteiger partial charge in [0.05, 0.1) is 18.4 Å². The van der Waals surface area contributed by atoms with Crippen LogP contribution in [-0.4, -0.2) is 21.4 Å². The van der Waals surface area contributed by atoms with Crippen LogP contribution >= 0.6 is 23.2 Å². The molecule has 0 aliphatic heterocycles. The molecule has 0 aliphatic rings. The summed E-state index contributed by atoms with van der Waals surface area (Å²) in [4.78, 5) is 12.5. The minimum absolute atomic E-state index is 0.0304. The molecule has 2 N–H and O–H groups in total. The molecule has 1 unspecified atom stereocenters. The van der Waals surface area contributed by atoms with Crippen LogP contribution < -0.4 is 10.9 Å². The number of anilines is 1. The Morgan fingerprint density at radius 3 is 2.59 bits per heavy atom. The average Bonchev–Trinajstić information content (AvgIpc) is 2.66. The number of hydrogen-bond acceptors (Lipinski definition) is 4. The molecular weight excluding hydrogens is 385 g/mol. The largest absolute Gasteiger partial charge is 0.384 e. The van der Waals surface area contributed by atoms with Gasteiger partial charge < -0.3 is 10.4 Å². The Morgan fingerprint density at radius 1 is 1.15 bits per heavy atom. The van der Waals surface area contributed by atoms with E-state index in [4.69, 9.17) is 23.2 Å². The Bertz CT molecular complexity index is 988. The van der Waals surface area contributed by atoms with Crippen molar-refractivity contribution in [3.63, 3.8) is 0 Å². The molecule has 3 aromatic rings. The molecule has 2 aromatic carbocycles. The molecule has 0 amide bonds. The quantitative estimate of drug-likeness (QED) is 0.654. The highest BCUT2D eigenvalue weighted by molar-refractivity contribution is 6.33. The summed E-state index contributed by atoms with van der Waals surface area (Å²) in [6, 6.07) is 16.5. The van der Waals surface area contributed by atoms with Gasteiger partial charge >= 0.3 is 0 Å². The lowest BCUT2D eigenvalue weighted by atomic mass is 9.96. The predicted molar refractivity (Wildman–Crippen MR) is 109 cm³/mol. The van der Waals surface area contributed by atoms with Gasteiger partial charge in [-0.15, -0.1) is 0 Å². The number of aromatic nitrogens is 2. The molecule has 0 radical (unpaired) electrons. The van der Waals surface area contributed by atoms with Crippen molar-refractivity contribution in [3.8, 4) is 0 Å². The molecule has 5 nitrogen and oxygen atoms in total. The van der Waals surface area contributed by atoms with Gasteiger partial charge in [-0.25, -0.2) is 4.68 Å². The lowest BCUT2D eigenvalue weighted by Gasteiger charge is -2.25. The van der Waals surface area contributed by atoms with E-state index >= 15 is 0 Å². The van der Waals surface area contributed by atoms with E-state index in [9.17, 15) is 9.90 Å². The number of nitrogens with zero attached hydrogens (tertiary/aromatic N) is 2. The van der Waals surface area contributed by atoms with Crippen molar-refractivity contribution in [3.05, 3.63) is 92.3 Å². The smallest absolute Gasteiger partial charge is 0.287 e. The molecule has 0 aliphatic carbocycles. The first-order valence-corrected chi connectivity index (χ1v) is 9.14. The van der Waals surface area contributed by atoms with Crippen molar-refractivity contribution in [2.75, 3.05) is 11.9 Å². The van der Waals surface area contributed by atoms with Crippen molar-refractivity contribution < 1.29 is 5.11 Å². The van der Waals surface area contributed by atoms with Gasteiger partial charge in [0.25, 0.3) is 5.56 Å². The maximum absolute atomic E-state index is 12.5. The van der Waals surface area contributed by atoms with E-state index in [0.29, 0.717) is 22.8 Å². The van der Waals surface area contributed by atoms with Crippen LogP contribution in [0.15, 0.2) is 65.6 Å². The standard InChI is InChI=1S/C20H19Cl2N3O2/c1-20(27,15-8-5-9-16(21)10-15)13-23-17-11-24-25(19(26)18(17)22)12-14-6-3-2-4-7-14/h2-11,23,27H,12-13H2,1H3. The molecule has 0 saturated heterocycles. The maximum atomic E-state index is 12.5. The van der Waals surface area contributed by atoms with Gasteiger partial charge in [-0.1, -0.05) is 65.7 Å². The van der Waals surface area contributed by atoms with Crippen LogP contribution in [0.5, 0.6) is 0 Å². The van der Waals surface area contributed by atoms with Crippen LogP contribution in [0.3, 0.4) is 0 Å². The Balaban J connectivity index is 1.76. The topological polar surface area (TPSA) is 67.2 Å². The molecule has 0 saturated carbocycles. The Labute approximate surface area is 167 Å². The molecule has 27 heavy (non-hydrogen) atoms. The first-order chi connectivity index (χ1) is 12.9. The second-order valence-electron chi connectivity index (χ2n) is 6.46. The number of halogens is 2. The summed E-state index contributed by atoms with van der Waals surface area (Å²) >= 11 is 12.2. The minimum Gasteiger partial charge on any atom is -0.384 e. The number of rotatable bonds is 6. The third kappa shape index (κ3) is 4.69. The lowest BCUT2D eigenvalue weighted by Crippen LogP contribution is -2.32. The molecule has 140 valence electrons. The van der Waals surface area contributed by atoms with E-state index < -0.39 is 11.2 Å². The Hall–Kier alpha value is -2.34. The first kappa shape index (κ1) is 19.4. The fourth-order valence-corrected chi connectivity index (χ4v) is 3.05. The third-order valence-corrected chi connectivity index (χ3v) is 4.83. The van der Waals surface area contributed by atoms with E-state index in [-0.39, 0.29) is 11.6 Å². The average molecular weight is 404 g/mol. The number of aliphatic hydroxyl groups is 1. The number of benzene rings is 2. The highest BCUT2D eigenvalue weighted by Crippen LogP contribution is 2.25. The number of hydrogen-bond donors (Lipinski definition) is 2. The zero-order valence-electron chi connectivity index (χ0n) is 14.7. The van der Waals surface area contributed by atoms with Crippen LogP contribution in [0.1, 0.15) is 18.1 Å². The van der Waals surface area contributed by atoms with Crippen molar-refractivity contribution in [1.82, 2.24) is 9.78 Å². The van der Waals surface area contributed by atoms with Gasteiger partial charge in [0.15, 0.2) is 0 Å². The van der Waals surface area contributed by atoms with Crippen molar-refractivity contribution in [2.24, 2.45) is 0 Å². The molecule has 0 bridgehead atoms. The first-order valence-electron chi connectivity index (χ1n) is 8.39. The van der Waals surface area contributed by atoms with Crippen LogP contribution in [-0.2, 0) is 12.1 Å². The van der Waals surface area contributed by atoms with Crippen LogP contribution in [0.4, 0.5) is 5.69 Å². The summed E-state index contributed by atoms with van der Waals surface area (Å²) in [5, 5.41) is 18.5. The van der Waals surface area contributed by atoms with Gasteiger partial charge in [-0.05, 0) is 30.2 Å². The van der Waals surface area contributed by atoms with Crippen LogP contribution in [0, 0.1) is 0 Å². The van der Waals surface area contributed by atoms with Crippen molar-refractivity contribution in [1.29, 1.82) is 0 Å². The summed E-state index contributed by atoms with van der Waals surface area (Å²) in [5.74, 6) is 0. The van der Waals surface area contributed by atoms with E-state index in [2.05, 4.69) is 10.4 Å². The van der Waals surface area contributed by atoms with E-state index in [0.717, 1.165) is 5.56 Å². The third-order valence-electron chi connectivity index (χ3n) is 4.23. The van der Waals surface area contributed by atoms with Crippen molar-refractivity contribution >= 4 is 28.9 Å². The molecule has 1 aromatic heterocycles. The minimum atomic E-state index is -1.20. The predicted octanol–water partition coefficient (Wildman–Crippen LogP) is 3.92. The highest BCUT2D eigenvalue weighted by Gasteiger charge is 2.24. The molecule has 0 spiro atoms. The molecule has 1 heterocycles. The molecular formula is C20H19Cl2N3O2. The second-order valence-corrected chi connectivity index (χ2v) is 7.27. The zero-order chi connectivity index (χ0) is 19.4. The normalized spacial score (nSPS) is 13.2. The Kier molecular flexibility index (Phi) is 5.85. The summed E-state index contributed by atoms with van der Waals surface area (Å²) < 4.78 is 1.30. The van der Waals surface area contributed by atoms with Gasteiger partial charge in [0, 0.05) is 11.6 Å².